The Bertz CT molecular complexity index is 1110. The summed E-state index contributed by atoms with van der Waals surface area (Å²) in [4.78, 5) is 32.7. The van der Waals surface area contributed by atoms with Gasteiger partial charge in [-0.15, -0.1) is 0 Å². The number of halogens is 3. The predicted octanol–water partition coefficient (Wildman–Crippen LogP) is 3.00. The molecule has 6 nitrogen and oxygen atoms in total. The number of carbonyl (C=O) groups is 1. The maximum Gasteiger partial charge on any atom is 0.435 e. The molecule has 1 aromatic carbocycles. The summed E-state index contributed by atoms with van der Waals surface area (Å²) in [6.07, 6.45) is -2.41. The van der Waals surface area contributed by atoms with E-state index >= 15 is 0 Å². The third-order valence-electron chi connectivity index (χ3n) is 4.47. The molecule has 4 rings (SSSR count). The number of carbonyl (C=O) groups excluding carboxylic acids is 1. The minimum absolute atomic E-state index is 0.0274. The molecule has 28 heavy (non-hydrogen) atoms. The third-order valence-corrected chi connectivity index (χ3v) is 4.47. The lowest BCUT2D eigenvalue weighted by Gasteiger charge is -2.16. The number of fused-ring (bicyclic) bond motifs is 1. The Morgan fingerprint density at radius 2 is 1.89 bits per heavy atom. The first kappa shape index (κ1) is 18.1. The predicted molar refractivity (Wildman–Crippen MR) is 95.3 cm³/mol. The van der Waals surface area contributed by atoms with E-state index in [-0.39, 0.29) is 23.5 Å². The number of nitrogens with zero attached hydrogens (tertiary/aromatic N) is 3. The Morgan fingerprint density at radius 1 is 1.18 bits per heavy atom. The summed E-state index contributed by atoms with van der Waals surface area (Å²) in [5, 5.41) is -0.244. The number of hydrogen-bond acceptors (Lipinski definition) is 4. The van der Waals surface area contributed by atoms with Crippen molar-refractivity contribution in [1.82, 2.24) is 14.6 Å². The molecule has 1 saturated carbocycles. The summed E-state index contributed by atoms with van der Waals surface area (Å²) in [6.45, 7) is 0. The summed E-state index contributed by atoms with van der Waals surface area (Å²) < 4.78 is 40.8. The van der Waals surface area contributed by atoms with Crippen LogP contribution in [-0.4, -0.2) is 20.6 Å². The molecule has 1 aliphatic rings. The highest BCUT2D eigenvalue weighted by atomic mass is 19.4. The first-order valence-corrected chi connectivity index (χ1v) is 8.67. The summed E-state index contributed by atoms with van der Waals surface area (Å²) >= 11 is 0. The lowest BCUT2D eigenvalue weighted by molar-refractivity contribution is -0.140. The second-order valence-electron chi connectivity index (χ2n) is 6.64. The van der Waals surface area contributed by atoms with Gasteiger partial charge in [-0.05, 0) is 24.5 Å². The van der Waals surface area contributed by atoms with Gasteiger partial charge in [0.25, 0.3) is 5.56 Å². The van der Waals surface area contributed by atoms with Gasteiger partial charge in [-0.2, -0.15) is 13.2 Å². The van der Waals surface area contributed by atoms with Crippen molar-refractivity contribution >= 4 is 16.8 Å². The van der Waals surface area contributed by atoms with E-state index in [0.717, 1.165) is 16.4 Å². The topological polar surface area (TPSA) is 76.9 Å². The van der Waals surface area contributed by atoms with Gasteiger partial charge < -0.3 is 0 Å². The molecule has 9 heteroatoms. The van der Waals surface area contributed by atoms with Crippen molar-refractivity contribution < 1.29 is 18.0 Å². The van der Waals surface area contributed by atoms with E-state index in [4.69, 9.17) is 0 Å². The lowest BCUT2D eigenvalue weighted by Crippen LogP contribution is -2.37. The van der Waals surface area contributed by atoms with Crippen LogP contribution >= 0.6 is 0 Å². The largest absolute Gasteiger partial charge is 0.435 e. The fourth-order valence-corrected chi connectivity index (χ4v) is 3.01. The van der Waals surface area contributed by atoms with Crippen molar-refractivity contribution in [3.05, 3.63) is 70.0 Å². The third kappa shape index (κ3) is 3.47. The number of hydrogen-bond donors (Lipinski definition) is 1. The maximum atomic E-state index is 13.3. The number of rotatable bonds is 4. The van der Waals surface area contributed by atoms with E-state index in [9.17, 15) is 22.8 Å². The zero-order valence-electron chi connectivity index (χ0n) is 14.5. The molecule has 3 aromatic rings. The van der Waals surface area contributed by atoms with E-state index in [1.165, 1.54) is 6.07 Å². The Morgan fingerprint density at radius 3 is 2.54 bits per heavy atom. The van der Waals surface area contributed by atoms with Crippen molar-refractivity contribution in [1.29, 1.82) is 0 Å². The molecule has 0 bridgehead atoms. The molecule has 0 radical (unpaired) electrons. The first-order chi connectivity index (χ1) is 13.3. The molecule has 1 aliphatic carbocycles. The molecule has 0 atom stereocenters. The van der Waals surface area contributed by atoms with Gasteiger partial charge in [0.2, 0.25) is 5.91 Å². The second kappa shape index (κ2) is 6.74. The van der Waals surface area contributed by atoms with Crippen molar-refractivity contribution in [2.75, 3.05) is 5.43 Å². The van der Waals surface area contributed by atoms with Crippen LogP contribution in [-0.2, 0) is 17.4 Å². The van der Waals surface area contributed by atoms with Crippen molar-refractivity contribution in [3.8, 4) is 0 Å². The number of nitrogens with one attached hydrogen (secondary N) is 1. The Kier molecular flexibility index (Phi) is 4.37. The van der Waals surface area contributed by atoms with Gasteiger partial charge in [0.05, 0.1) is 11.8 Å². The number of amides is 1. The summed E-state index contributed by atoms with van der Waals surface area (Å²) in [6, 6.07) is 10.1. The minimum atomic E-state index is -4.73. The number of benzene rings is 1. The summed E-state index contributed by atoms with van der Waals surface area (Å²) in [5.74, 6) is -0.505. The fraction of sp³-hybridized carbons (Fsp3) is 0.263. The molecule has 1 N–H and O–H groups in total. The monoisotopic (exact) mass is 388 g/mol. The highest BCUT2D eigenvalue weighted by molar-refractivity contribution is 5.86. The van der Waals surface area contributed by atoms with E-state index in [2.05, 4.69) is 15.4 Å². The SMILES string of the molecule is O=C(Cc1ccccc1)Nn1c(C2CC2)nc2c(C(F)(F)F)nccc2c1=O. The van der Waals surface area contributed by atoms with E-state index in [0.29, 0.717) is 12.8 Å². The Hall–Kier alpha value is -3.23. The fourth-order valence-electron chi connectivity index (χ4n) is 3.01. The van der Waals surface area contributed by atoms with Gasteiger partial charge in [0, 0.05) is 12.1 Å². The summed E-state index contributed by atoms with van der Waals surface area (Å²) in [7, 11) is 0. The Balaban J connectivity index is 1.78. The van der Waals surface area contributed by atoms with Crippen LogP contribution < -0.4 is 11.0 Å². The molecule has 2 heterocycles. The van der Waals surface area contributed by atoms with Crippen LogP contribution in [0, 0.1) is 0 Å². The van der Waals surface area contributed by atoms with Crippen molar-refractivity contribution in [2.24, 2.45) is 0 Å². The van der Waals surface area contributed by atoms with Crippen LogP contribution in [0.2, 0.25) is 0 Å². The first-order valence-electron chi connectivity index (χ1n) is 8.67. The van der Waals surface area contributed by atoms with E-state index in [1.54, 1.807) is 24.3 Å². The lowest BCUT2D eigenvalue weighted by atomic mass is 10.1. The van der Waals surface area contributed by atoms with Gasteiger partial charge in [-0.1, -0.05) is 30.3 Å². The van der Waals surface area contributed by atoms with E-state index in [1.807, 2.05) is 6.07 Å². The van der Waals surface area contributed by atoms with Gasteiger partial charge >= 0.3 is 6.18 Å². The van der Waals surface area contributed by atoms with Crippen LogP contribution in [0.5, 0.6) is 0 Å². The van der Waals surface area contributed by atoms with Crippen molar-refractivity contribution in [2.45, 2.75) is 31.4 Å². The molecule has 0 aliphatic heterocycles. The average molecular weight is 388 g/mol. The average Bonchev–Trinajstić information content (AvgIpc) is 3.48. The van der Waals surface area contributed by atoms with Crippen LogP contribution in [0.25, 0.3) is 10.9 Å². The minimum Gasteiger partial charge on any atom is -0.273 e. The molecule has 1 fully saturated rings. The van der Waals surface area contributed by atoms with Gasteiger partial charge in [-0.3, -0.25) is 15.0 Å². The van der Waals surface area contributed by atoms with Crippen LogP contribution in [0.15, 0.2) is 47.4 Å². The molecule has 1 amide bonds. The van der Waals surface area contributed by atoms with Gasteiger partial charge in [0.1, 0.15) is 11.3 Å². The van der Waals surface area contributed by atoms with Gasteiger partial charge in [0.15, 0.2) is 5.69 Å². The molecular weight excluding hydrogens is 373 g/mol. The number of alkyl halides is 3. The molecular formula is C19H15F3N4O2. The molecule has 0 saturated heterocycles. The highest BCUT2D eigenvalue weighted by Gasteiger charge is 2.37. The quantitative estimate of drug-likeness (QED) is 0.746. The van der Waals surface area contributed by atoms with Crippen LogP contribution in [0.4, 0.5) is 13.2 Å². The second-order valence-corrected chi connectivity index (χ2v) is 6.64. The number of aromatic nitrogens is 3. The summed E-state index contributed by atoms with van der Waals surface area (Å²) in [5.41, 5.74) is 0.807. The highest BCUT2D eigenvalue weighted by Crippen LogP contribution is 2.39. The Labute approximate surface area is 157 Å². The molecule has 0 unspecified atom stereocenters. The van der Waals surface area contributed by atoms with Crippen LogP contribution in [0.1, 0.15) is 35.8 Å². The van der Waals surface area contributed by atoms with Crippen LogP contribution in [0.3, 0.4) is 0 Å². The molecule has 0 spiro atoms. The normalized spacial score (nSPS) is 14.2. The molecule has 2 aromatic heterocycles. The van der Waals surface area contributed by atoms with Gasteiger partial charge in [-0.25, -0.2) is 14.6 Å². The smallest absolute Gasteiger partial charge is 0.273 e. The van der Waals surface area contributed by atoms with E-state index < -0.39 is 28.9 Å². The zero-order chi connectivity index (χ0) is 19.9. The maximum absolute atomic E-state index is 13.3. The standard InChI is InChI=1S/C19H15F3N4O2/c20-19(21,22)16-15-13(8-9-23-16)18(28)26(17(24-15)12-6-7-12)25-14(27)10-11-4-2-1-3-5-11/h1-5,8-9,12H,6-7,10H2,(H,25,27). The number of pyridine rings is 1. The van der Waals surface area contributed by atoms with Crippen molar-refractivity contribution in [3.63, 3.8) is 0 Å². The zero-order valence-corrected chi connectivity index (χ0v) is 14.5. The molecule has 144 valence electrons.